The Balaban J connectivity index is 1.63. The number of pyridine rings is 1. The van der Waals surface area contributed by atoms with Gasteiger partial charge in [0, 0.05) is 28.9 Å². The van der Waals surface area contributed by atoms with E-state index in [9.17, 15) is 18.3 Å². The SMILES string of the molecule is O[C@@]1(C(F)(F)F)[C@H]2COc3ccccc3C2=NN1c1nc(-c2cccnc2)cs1. The Kier molecular flexibility index (Phi) is 3.90. The fourth-order valence-electron chi connectivity index (χ4n) is 3.52. The predicted molar refractivity (Wildman–Crippen MR) is 101 cm³/mol. The van der Waals surface area contributed by atoms with E-state index in [-0.39, 0.29) is 17.5 Å². The Morgan fingerprint density at radius 3 is 2.79 bits per heavy atom. The van der Waals surface area contributed by atoms with E-state index in [2.05, 4.69) is 15.1 Å². The maximum absolute atomic E-state index is 14.1. The summed E-state index contributed by atoms with van der Waals surface area (Å²) in [5.41, 5.74) is -1.60. The fourth-order valence-corrected chi connectivity index (χ4v) is 4.36. The van der Waals surface area contributed by atoms with Crippen molar-refractivity contribution in [3.63, 3.8) is 0 Å². The van der Waals surface area contributed by atoms with Gasteiger partial charge in [-0.25, -0.2) is 4.98 Å². The molecule has 0 radical (unpaired) electrons. The summed E-state index contributed by atoms with van der Waals surface area (Å²) < 4.78 is 47.8. The number of ether oxygens (including phenoxy) is 1. The molecule has 4 heterocycles. The van der Waals surface area contributed by atoms with Crippen LogP contribution in [0.4, 0.5) is 18.3 Å². The molecule has 2 aliphatic heterocycles. The van der Waals surface area contributed by atoms with E-state index in [0.717, 1.165) is 11.3 Å². The molecule has 1 aromatic carbocycles. The van der Waals surface area contributed by atoms with Crippen LogP contribution in [0.25, 0.3) is 11.3 Å². The van der Waals surface area contributed by atoms with Gasteiger partial charge in [0.1, 0.15) is 12.4 Å². The van der Waals surface area contributed by atoms with Crippen molar-refractivity contribution in [2.45, 2.75) is 11.9 Å². The van der Waals surface area contributed by atoms with Crippen LogP contribution in [0.3, 0.4) is 0 Å². The number of anilines is 1. The number of rotatable bonds is 2. The number of nitrogens with zero attached hydrogens (tertiary/aromatic N) is 4. The topological polar surface area (TPSA) is 70.8 Å². The zero-order valence-corrected chi connectivity index (χ0v) is 15.5. The van der Waals surface area contributed by atoms with Crippen LogP contribution in [0.2, 0.25) is 0 Å². The molecule has 0 bridgehead atoms. The molecule has 0 unspecified atom stereocenters. The summed E-state index contributed by atoms with van der Waals surface area (Å²) in [4.78, 5) is 8.28. The molecule has 148 valence electrons. The van der Waals surface area contributed by atoms with Gasteiger partial charge in [0.25, 0.3) is 5.72 Å². The fraction of sp³-hybridized carbons (Fsp3) is 0.211. The molecule has 6 nitrogen and oxygen atoms in total. The lowest BCUT2D eigenvalue weighted by atomic mass is 9.86. The molecule has 0 saturated carbocycles. The van der Waals surface area contributed by atoms with Crippen LogP contribution in [0.15, 0.2) is 59.3 Å². The van der Waals surface area contributed by atoms with Crippen molar-refractivity contribution in [2.24, 2.45) is 11.0 Å². The van der Waals surface area contributed by atoms with Gasteiger partial charge in [-0.1, -0.05) is 12.1 Å². The van der Waals surface area contributed by atoms with Gasteiger partial charge in [0.05, 0.1) is 17.3 Å². The normalized spacial score (nSPS) is 23.2. The van der Waals surface area contributed by atoms with E-state index >= 15 is 0 Å². The van der Waals surface area contributed by atoms with E-state index in [4.69, 9.17) is 4.74 Å². The minimum absolute atomic E-state index is 0.0666. The third-order valence-electron chi connectivity index (χ3n) is 4.96. The highest BCUT2D eigenvalue weighted by molar-refractivity contribution is 7.14. The first-order chi connectivity index (χ1) is 13.9. The maximum Gasteiger partial charge on any atom is 0.439 e. The van der Waals surface area contributed by atoms with Gasteiger partial charge < -0.3 is 9.84 Å². The van der Waals surface area contributed by atoms with Crippen molar-refractivity contribution >= 4 is 22.2 Å². The molecular weight excluding hydrogens is 405 g/mol. The lowest BCUT2D eigenvalue weighted by Crippen LogP contribution is -2.61. The summed E-state index contributed by atoms with van der Waals surface area (Å²) in [6, 6.07) is 10.2. The van der Waals surface area contributed by atoms with Gasteiger partial charge in [-0.15, -0.1) is 11.3 Å². The number of hydrogen-bond acceptors (Lipinski definition) is 7. The Labute approximate surface area is 166 Å². The van der Waals surface area contributed by atoms with E-state index in [1.807, 2.05) is 0 Å². The minimum Gasteiger partial charge on any atom is -0.492 e. The van der Waals surface area contributed by atoms with Gasteiger partial charge in [-0.05, 0) is 24.3 Å². The zero-order valence-electron chi connectivity index (χ0n) is 14.7. The molecule has 2 aliphatic rings. The summed E-state index contributed by atoms with van der Waals surface area (Å²) in [7, 11) is 0. The summed E-state index contributed by atoms with van der Waals surface area (Å²) >= 11 is 0.966. The summed E-state index contributed by atoms with van der Waals surface area (Å²) in [6.07, 6.45) is -1.83. The van der Waals surface area contributed by atoms with Crippen molar-refractivity contribution < 1.29 is 23.0 Å². The van der Waals surface area contributed by atoms with Crippen molar-refractivity contribution in [3.8, 4) is 17.0 Å². The highest BCUT2D eigenvalue weighted by atomic mass is 32.1. The van der Waals surface area contributed by atoms with Crippen LogP contribution in [0.5, 0.6) is 5.75 Å². The average Bonchev–Trinajstić information content (AvgIpc) is 3.32. The number of hydrazone groups is 1. The molecule has 0 amide bonds. The lowest BCUT2D eigenvalue weighted by Gasteiger charge is -2.38. The second-order valence-electron chi connectivity index (χ2n) is 6.64. The Hall–Kier alpha value is -2.98. The Morgan fingerprint density at radius 1 is 1.21 bits per heavy atom. The summed E-state index contributed by atoms with van der Waals surface area (Å²) in [6.45, 7) is -0.344. The molecule has 0 fully saturated rings. The van der Waals surface area contributed by atoms with Crippen molar-refractivity contribution in [1.29, 1.82) is 0 Å². The molecule has 29 heavy (non-hydrogen) atoms. The molecule has 2 atom stereocenters. The molecule has 3 aromatic rings. The first kappa shape index (κ1) is 18.1. The number of benzene rings is 1. The summed E-state index contributed by atoms with van der Waals surface area (Å²) in [5.74, 6) is -0.966. The van der Waals surface area contributed by atoms with Crippen molar-refractivity contribution in [1.82, 2.24) is 9.97 Å². The van der Waals surface area contributed by atoms with Crippen LogP contribution in [-0.4, -0.2) is 39.3 Å². The molecule has 5 rings (SSSR count). The Morgan fingerprint density at radius 2 is 2.03 bits per heavy atom. The molecule has 0 saturated heterocycles. The van der Waals surface area contributed by atoms with E-state index in [1.54, 1.807) is 54.2 Å². The van der Waals surface area contributed by atoms with E-state index < -0.39 is 17.8 Å². The standard InChI is InChI=1S/C19H13F3N4O2S/c20-19(21,22)18(27)13-9-28-15-6-2-1-5-12(15)16(13)25-26(18)17-24-14(10-29-17)11-4-3-7-23-8-11/h1-8,10,13,27H,9H2/t13-,18+/m0/s1. The first-order valence-corrected chi connectivity index (χ1v) is 9.53. The lowest BCUT2D eigenvalue weighted by molar-refractivity contribution is -0.270. The molecule has 1 N–H and O–H groups in total. The number of aliphatic hydroxyl groups is 1. The van der Waals surface area contributed by atoms with Crippen molar-refractivity contribution in [2.75, 3.05) is 11.6 Å². The number of aromatic nitrogens is 2. The molecule has 0 aliphatic carbocycles. The maximum atomic E-state index is 14.1. The largest absolute Gasteiger partial charge is 0.492 e. The molecule has 0 spiro atoms. The molecular formula is C19H13F3N4O2S. The van der Waals surface area contributed by atoms with Gasteiger partial charge in [-0.2, -0.15) is 23.3 Å². The third kappa shape index (κ3) is 2.63. The van der Waals surface area contributed by atoms with Crippen LogP contribution >= 0.6 is 11.3 Å². The highest BCUT2D eigenvalue weighted by Crippen LogP contribution is 2.50. The number of para-hydroxylation sites is 1. The monoisotopic (exact) mass is 418 g/mol. The van der Waals surface area contributed by atoms with Gasteiger partial charge in [0.15, 0.2) is 0 Å². The van der Waals surface area contributed by atoms with Crippen molar-refractivity contribution in [3.05, 3.63) is 59.7 Å². The third-order valence-corrected chi connectivity index (χ3v) is 5.78. The van der Waals surface area contributed by atoms with Gasteiger partial charge >= 0.3 is 6.18 Å². The van der Waals surface area contributed by atoms with Gasteiger partial charge in [-0.3, -0.25) is 4.98 Å². The minimum atomic E-state index is -4.99. The van der Waals surface area contributed by atoms with Crippen LogP contribution in [0, 0.1) is 5.92 Å². The number of halogens is 3. The number of thiazole rings is 1. The van der Waals surface area contributed by atoms with E-state index in [1.165, 1.54) is 0 Å². The van der Waals surface area contributed by atoms with Crippen LogP contribution in [-0.2, 0) is 0 Å². The predicted octanol–water partition coefficient (Wildman–Crippen LogP) is 3.69. The molecule has 2 aromatic heterocycles. The summed E-state index contributed by atoms with van der Waals surface area (Å²) in [5, 5.41) is 17.2. The second kappa shape index (κ2) is 6.26. The smallest absolute Gasteiger partial charge is 0.439 e. The van der Waals surface area contributed by atoms with Crippen LogP contribution < -0.4 is 9.75 Å². The van der Waals surface area contributed by atoms with Crippen LogP contribution in [0.1, 0.15) is 5.56 Å². The highest BCUT2D eigenvalue weighted by Gasteiger charge is 2.69. The van der Waals surface area contributed by atoms with Gasteiger partial charge in [0.2, 0.25) is 5.13 Å². The average molecular weight is 418 g/mol. The molecule has 10 heteroatoms. The Bertz CT molecular complexity index is 1100. The second-order valence-corrected chi connectivity index (χ2v) is 7.47. The quantitative estimate of drug-likeness (QED) is 0.688. The zero-order chi connectivity index (χ0) is 20.2. The number of alkyl halides is 3. The number of fused-ring (bicyclic) bond motifs is 3. The van der Waals surface area contributed by atoms with E-state index in [0.29, 0.717) is 27.6 Å². The number of hydrogen-bond donors (Lipinski definition) is 1. The first-order valence-electron chi connectivity index (χ1n) is 8.65.